The first-order valence-corrected chi connectivity index (χ1v) is 10.4. The maximum atomic E-state index is 14.2. The summed E-state index contributed by atoms with van der Waals surface area (Å²) in [4.78, 5) is 14.3. The molecule has 2 atom stereocenters. The summed E-state index contributed by atoms with van der Waals surface area (Å²) in [6.07, 6.45) is 3.84. The summed E-state index contributed by atoms with van der Waals surface area (Å²) >= 11 is 0. The minimum atomic E-state index is -3.94. The zero-order valence-corrected chi connectivity index (χ0v) is 15.1. The van der Waals surface area contributed by atoms with Crippen molar-refractivity contribution in [3.63, 3.8) is 0 Å². The second-order valence-electron chi connectivity index (χ2n) is 7.62. The summed E-state index contributed by atoms with van der Waals surface area (Å²) in [6.45, 7) is 2.91. The Labute approximate surface area is 147 Å². The zero-order chi connectivity index (χ0) is 17.8. The molecule has 0 aromatic heterocycles. The number of amides is 1. The summed E-state index contributed by atoms with van der Waals surface area (Å²) in [7, 11) is -3.94. The number of halogens is 1. The fourth-order valence-corrected chi connectivity index (χ4v) is 5.64. The highest BCUT2D eigenvalue weighted by Gasteiger charge is 2.45. The lowest BCUT2D eigenvalue weighted by molar-refractivity contribution is -0.140. The van der Waals surface area contributed by atoms with E-state index in [4.69, 9.17) is 0 Å². The van der Waals surface area contributed by atoms with E-state index in [2.05, 4.69) is 0 Å². The average molecular weight is 366 g/mol. The molecule has 0 spiro atoms. The number of nitrogens with zero attached hydrogens (tertiary/aromatic N) is 2. The van der Waals surface area contributed by atoms with Crippen molar-refractivity contribution in [3.8, 4) is 0 Å². The highest BCUT2D eigenvalue weighted by Crippen LogP contribution is 2.37. The molecule has 4 aliphatic rings. The number of sulfonamides is 1. The average Bonchev–Trinajstić information content (AvgIpc) is 3.39. The third kappa shape index (κ3) is 3.08. The van der Waals surface area contributed by atoms with Crippen LogP contribution in [-0.2, 0) is 14.8 Å². The summed E-state index contributed by atoms with van der Waals surface area (Å²) in [5, 5.41) is 0. The molecule has 4 fully saturated rings. The van der Waals surface area contributed by atoms with Gasteiger partial charge in [0.15, 0.2) is 0 Å². The molecule has 0 radical (unpaired) electrons. The maximum Gasteiger partial charge on any atom is 0.246 e. The first-order valence-electron chi connectivity index (χ1n) is 8.93. The molecule has 3 saturated heterocycles. The van der Waals surface area contributed by atoms with Gasteiger partial charge in [-0.15, -0.1) is 0 Å². The van der Waals surface area contributed by atoms with Gasteiger partial charge in [0.2, 0.25) is 15.9 Å². The second kappa shape index (κ2) is 6.06. The number of aryl methyl sites for hydroxylation is 1. The normalized spacial score (nSPS) is 27.6. The number of carbonyl (C=O) groups excluding carboxylic acids is 1. The van der Waals surface area contributed by atoms with E-state index in [0.29, 0.717) is 17.9 Å². The van der Waals surface area contributed by atoms with Gasteiger partial charge in [-0.3, -0.25) is 4.79 Å². The maximum absolute atomic E-state index is 14.2. The van der Waals surface area contributed by atoms with Gasteiger partial charge in [-0.2, -0.15) is 4.31 Å². The van der Waals surface area contributed by atoms with Crippen molar-refractivity contribution in [1.29, 1.82) is 0 Å². The molecule has 0 N–H and O–H groups in total. The molecule has 7 heteroatoms. The third-order valence-electron chi connectivity index (χ3n) is 5.62. The Balaban J connectivity index is 1.65. The molecule has 0 unspecified atom stereocenters. The van der Waals surface area contributed by atoms with E-state index in [1.807, 2.05) is 4.90 Å². The van der Waals surface area contributed by atoms with E-state index in [1.165, 1.54) is 16.4 Å². The van der Waals surface area contributed by atoms with Crippen LogP contribution in [0.15, 0.2) is 23.1 Å². The summed E-state index contributed by atoms with van der Waals surface area (Å²) in [6, 6.07) is 4.04. The van der Waals surface area contributed by atoms with Gasteiger partial charge in [0.25, 0.3) is 0 Å². The van der Waals surface area contributed by atoms with E-state index < -0.39 is 15.8 Å². The number of carbonyl (C=O) groups is 1. The van der Waals surface area contributed by atoms with Crippen molar-refractivity contribution in [2.75, 3.05) is 19.6 Å². The van der Waals surface area contributed by atoms with Crippen LogP contribution in [0.2, 0.25) is 0 Å². The topological polar surface area (TPSA) is 57.7 Å². The van der Waals surface area contributed by atoms with E-state index in [9.17, 15) is 17.6 Å². The van der Waals surface area contributed by atoms with Gasteiger partial charge in [0.1, 0.15) is 10.7 Å². The Morgan fingerprint density at radius 3 is 2.64 bits per heavy atom. The first-order chi connectivity index (χ1) is 11.9. The van der Waals surface area contributed by atoms with Crippen LogP contribution in [0.5, 0.6) is 0 Å². The highest BCUT2D eigenvalue weighted by atomic mass is 32.2. The van der Waals surface area contributed by atoms with E-state index in [-0.39, 0.29) is 35.9 Å². The minimum Gasteiger partial charge on any atom is -0.338 e. The van der Waals surface area contributed by atoms with Crippen molar-refractivity contribution < 1.29 is 17.6 Å². The van der Waals surface area contributed by atoms with Gasteiger partial charge in [-0.1, -0.05) is 6.07 Å². The number of piperidine rings is 1. The summed E-state index contributed by atoms with van der Waals surface area (Å²) < 4.78 is 41.6. The molecule has 25 heavy (non-hydrogen) atoms. The van der Waals surface area contributed by atoms with Crippen LogP contribution in [0.25, 0.3) is 0 Å². The van der Waals surface area contributed by atoms with Crippen molar-refractivity contribution in [1.82, 2.24) is 9.21 Å². The van der Waals surface area contributed by atoms with Crippen LogP contribution in [0.3, 0.4) is 0 Å². The van der Waals surface area contributed by atoms with Crippen molar-refractivity contribution >= 4 is 15.9 Å². The molecular weight excluding hydrogens is 343 g/mol. The number of hydrogen-bond acceptors (Lipinski definition) is 3. The van der Waals surface area contributed by atoms with E-state index in [0.717, 1.165) is 25.8 Å². The molecule has 5 rings (SSSR count). The number of fused-ring (bicyclic) bond motifs is 4. The van der Waals surface area contributed by atoms with Crippen LogP contribution >= 0.6 is 0 Å². The second-order valence-corrected chi connectivity index (χ2v) is 9.52. The van der Waals surface area contributed by atoms with Gasteiger partial charge in [0.05, 0.1) is 5.92 Å². The van der Waals surface area contributed by atoms with Crippen LogP contribution < -0.4 is 0 Å². The molecule has 1 amide bonds. The SMILES string of the molecule is Cc1ccc(F)c(S(=O)(=O)N2C[C@@H]3CC[C@H](C2)N(CC2CC2)C3=O)c1. The van der Waals surface area contributed by atoms with Crippen LogP contribution in [0, 0.1) is 24.6 Å². The fourth-order valence-electron chi connectivity index (χ4n) is 3.96. The van der Waals surface area contributed by atoms with Crippen LogP contribution in [0.1, 0.15) is 31.2 Å². The fraction of sp³-hybridized carbons (Fsp3) is 0.611. The Morgan fingerprint density at radius 1 is 1.16 bits per heavy atom. The molecular formula is C18H23FN2O3S. The largest absolute Gasteiger partial charge is 0.338 e. The minimum absolute atomic E-state index is 0.0746. The standard InChI is InChI=1S/C18H23FN2O3S/c1-12-2-7-16(19)17(8-12)25(23,24)20-10-14-5-6-15(11-20)21(18(14)22)9-13-3-4-13/h2,7-8,13-15H,3-6,9-11H2,1H3/t14-,15+/m0/s1. The smallest absolute Gasteiger partial charge is 0.246 e. The molecule has 1 aromatic carbocycles. The van der Waals surface area contributed by atoms with Gasteiger partial charge < -0.3 is 4.90 Å². The van der Waals surface area contributed by atoms with Crippen LogP contribution in [-0.4, -0.2) is 49.2 Å². The predicted octanol–water partition coefficient (Wildman–Crippen LogP) is 2.16. The Kier molecular flexibility index (Phi) is 4.11. The van der Waals surface area contributed by atoms with E-state index >= 15 is 0 Å². The lowest BCUT2D eigenvalue weighted by Gasteiger charge is -2.36. The van der Waals surface area contributed by atoms with Gasteiger partial charge in [0, 0.05) is 25.7 Å². The Bertz CT molecular complexity index is 807. The van der Waals surface area contributed by atoms with Crippen LogP contribution in [0.4, 0.5) is 4.39 Å². The molecule has 5 nitrogen and oxygen atoms in total. The Morgan fingerprint density at radius 2 is 1.92 bits per heavy atom. The molecule has 1 aromatic rings. The monoisotopic (exact) mass is 366 g/mol. The molecule has 1 aliphatic carbocycles. The molecule has 3 aliphatic heterocycles. The Hall–Kier alpha value is -1.47. The van der Waals surface area contributed by atoms with Crippen molar-refractivity contribution in [2.45, 2.75) is 43.5 Å². The number of benzene rings is 1. The first kappa shape index (κ1) is 17.0. The summed E-state index contributed by atoms with van der Waals surface area (Å²) in [5.41, 5.74) is 0.698. The molecule has 1 saturated carbocycles. The molecule has 3 heterocycles. The lowest BCUT2D eigenvalue weighted by atomic mass is 9.94. The van der Waals surface area contributed by atoms with E-state index in [1.54, 1.807) is 13.0 Å². The van der Waals surface area contributed by atoms with Gasteiger partial charge in [-0.25, -0.2) is 12.8 Å². The van der Waals surface area contributed by atoms with Gasteiger partial charge >= 0.3 is 0 Å². The third-order valence-corrected chi connectivity index (χ3v) is 7.46. The van der Waals surface area contributed by atoms with Crippen molar-refractivity contribution in [2.24, 2.45) is 11.8 Å². The molecule has 2 bridgehead atoms. The zero-order valence-electron chi connectivity index (χ0n) is 14.3. The summed E-state index contributed by atoms with van der Waals surface area (Å²) in [5.74, 6) is -0.392. The number of hydrogen-bond donors (Lipinski definition) is 0. The lowest BCUT2D eigenvalue weighted by Crippen LogP contribution is -2.48. The van der Waals surface area contributed by atoms with Gasteiger partial charge in [-0.05, 0) is 56.2 Å². The number of rotatable bonds is 4. The molecule has 136 valence electrons. The predicted molar refractivity (Wildman–Crippen MR) is 90.8 cm³/mol. The quantitative estimate of drug-likeness (QED) is 0.820. The van der Waals surface area contributed by atoms with Crippen molar-refractivity contribution in [3.05, 3.63) is 29.6 Å². The highest BCUT2D eigenvalue weighted by molar-refractivity contribution is 7.89.